The van der Waals surface area contributed by atoms with E-state index in [1.165, 1.54) is 13.3 Å². The number of rotatable bonds is 6. The average molecular weight is 368 g/mol. The molecule has 3 N–H and O–H groups in total. The van der Waals surface area contributed by atoms with Crippen molar-refractivity contribution in [1.29, 1.82) is 0 Å². The number of para-hydroxylation sites is 1. The Balaban J connectivity index is 1.88. The minimum atomic E-state index is -0.867. The van der Waals surface area contributed by atoms with Gasteiger partial charge in [-0.2, -0.15) is 5.10 Å². The number of hydrogen-bond acceptors (Lipinski definition) is 5. The van der Waals surface area contributed by atoms with E-state index in [-0.39, 0.29) is 12.5 Å². The lowest BCUT2D eigenvalue weighted by molar-refractivity contribution is -0.138. The fraction of sp³-hybridized carbons (Fsp3) is 0.158. The first kappa shape index (κ1) is 19.6. The molecule has 8 nitrogen and oxygen atoms in total. The average Bonchev–Trinajstić information content (AvgIpc) is 2.68. The zero-order chi connectivity index (χ0) is 19.6. The van der Waals surface area contributed by atoms with Gasteiger partial charge in [-0.1, -0.05) is 30.3 Å². The summed E-state index contributed by atoms with van der Waals surface area (Å²) < 4.78 is 5.48. The third-order valence-corrected chi connectivity index (χ3v) is 3.46. The molecule has 0 aromatic heterocycles. The molecule has 0 saturated heterocycles. The lowest BCUT2D eigenvalue weighted by Gasteiger charge is -2.09. The molecular formula is C19H20N4O4. The predicted octanol–water partition coefficient (Wildman–Crippen LogP) is 1.21. The normalized spacial score (nSPS) is 10.3. The van der Waals surface area contributed by atoms with Crippen LogP contribution < -0.4 is 20.8 Å². The highest BCUT2D eigenvalue weighted by atomic mass is 16.5. The van der Waals surface area contributed by atoms with E-state index in [0.717, 1.165) is 11.3 Å². The van der Waals surface area contributed by atoms with Crippen molar-refractivity contribution < 1.29 is 19.1 Å². The standard InChI is InChI=1S/C19H20N4O4/c1-13-6-3-4-9-16(13)22-17(24)12-27-15-8-5-7-14(10-15)11-21-23-19(26)18(25)20-2/h3-11H,12H2,1-2H3,(H,20,25)(H,22,24)(H,23,26)/b21-11-. The number of aryl methyl sites for hydroxylation is 1. The number of benzene rings is 2. The number of amides is 3. The second-order valence-corrected chi connectivity index (χ2v) is 5.50. The van der Waals surface area contributed by atoms with Crippen LogP contribution in [0.3, 0.4) is 0 Å². The van der Waals surface area contributed by atoms with Crippen LogP contribution in [0.2, 0.25) is 0 Å². The molecule has 0 atom stereocenters. The molecule has 0 aliphatic rings. The van der Waals surface area contributed by atoms with Gasteiger partial charge in [0.1, 0.15) is 5.75 Å². The molecule has 0 aliphatic heterocycles. The topological polar surface area (TPSA) is 109 Å². The molecule has 0 radical (unpaired) electrons. The van der Waals surface area contributed by atoms with Gasteiger partial charge >= 0.3 is 11.8 Å². The van der Waals surface area contributed by atoms with Crippen LogP contribution in [0.15, 0.2) is 53.6 Å². The summed E-state index contributed by atoms with van der Waals surface area (Å²) >= 11 is 0. The number of likely N-dealkylation sites (N-methyl/N-ethyl adjacent to an activating group) is 1. The summed E-state index contributed by atoms with van der Waals surface area (Å²) in [5.74, 6) is -1.46. The third-order valence-electron chi connectivity index (χ3n) is 3.46. The summed E-state index contributed by atoms with van der Waals surface area (Å²) in [6, 6.07) is 14.3. The molecule has 2 rings (SSSR count). The molecule has 3 amide bonds. The van der Waals surface area contributed by atoms with Crippen LogP contribution in [0.1, 0.15) is 11.1 Å². The van der Waals surface area contributed by atoms with Crippen LogP contribution in [0, 0.1) is 6.92 Å². The Labute approximate surface area is 156 Å². The third kappa shape index (κ3) is 6.28. The number of nitrogens with zero attached hydrogens (tertiary/aromatic N) is 1. The van der Waals surface area contributed by atoms with Crippen molar-refractivity contribution >= 4 is 29.6 Å². The first-order valence-corrected chi connectivity index (χ1v) is 8.13. The van der Waals surface area contributed by atoms with Crippen LogP contribution >= 0.6 is 0 Å². The molecule has 0 spiro atoms. The predicted molar refractivity (Wildman–Crippen MR) is 102 cm³/mol. The molecule has 8 heteroatoms. The van der Waals surface area contributed by atoms with E-state index >= 15 is 0 Å². The summed E-state index contributed by atoms with van der Waals surface area (Å²) in [4.78, 5) is 34.3. The van der Waals surface area contributed by atoms with E-state index in [0.29, 0.717) is 11.3 Å². The van der Waals surface area contributed by atoms with Crippen LogP contribution in [-0.4, -0.2) is 37.6 Å². The minimum Gasteiger partial charge on any atom is -0.484 e. The van der Waals surface area contributed by atoms with Crippen molar-refractivity contribution in [1.82, 2.24) is 10.7 Å². The van der Waals surface area contributed by atoms with Crippen LogP contribution in [0.4, 0.5) is 5.69 Å². The number of hydrazone groups is 1. The molecule has 2 aromatic carbocycles. The molecule has 0 heterocycles. The molecule has 0 saturated carbocycles. The van der Waals surface area contributed by atoms with Crippen LogP contribution in [0.5, 0.6) is 5.75 Å². The van der Waals surface area contributed by atoms with E-state index in [2.05, 4.69) is 21.2 Å². The van der Waals surface area contributed by atoms with E-state index in [4.69, 9.17) is 4.74 Å². The minimum absolute atomic E-state index is 0.150. The Morgan fingerprint density at radius 2 is 1.85 bits per heavy atom. The summed E-state index contributed by atoms with van der Waals surface area (Å²) in [5.41, 5.74) is 4.42. The fourth-order valence-corrected chi connectivity index (χ4v) is 2.06. The molecule has 140 valence electrons. The van der Waals surface area contributed by atoms with E-state index in [1.807, 2.05) is 31.2 Å². The van der Waals surface area contributed by atoms with E-state index in [1.54, 1.807) is 24.3 Å². The van der Waals surface area contributed by atoms with Gasteiger partial charge in [0.2, 0.25) is 0 Å². The molecule has 0 bridgehead atoms. The van der Waals surface area contributed by atoms with Gasteiger partial charge < -0.3 is 15.4 Å². The molecular weight excluding hydrogens is 348 g/mol. The van der Waals surface area contributed by atoms with Gasteiger partial charge in [-0.05, 0) is 36.2 Å². The van der Waals surface area contributed by atoms with Crippen molar-refractivity contribution in [2.24, 2.45) is 5.10 Å². The number of hydrogen-bond donors (Lipinski definition) is 3. The first-order chi connectivity index (χ1) is 13.0. The zero-order valence-electron chi connectivity index (χ0n) is 15.0. The van der Waals surface area contributed by atoms with Gasteiger partial charge in [0.05, 0.1) is 6.21 Å². The number of carbonyl (C=O) groups excluding carboxylic acids is 3. The van der Waals surface area contributed by atoms with E-state index in [9.17, 15) is 14.4 Å². The Morgan fingerprint density at radius 1 is 1.07 bits per heavy atom. The summed E-state index contributed by atoms with van der Waals surface area (Å²) in [7, 11) is 1.35. The van der Waals surface area contributed by atoms with Crippen LogP contribution in [0.25, 0.3) is 0 Å². The Bertz CT molecular complexity index is 864. The maximum atomic E-state index is 12.0. The summed E-state index contributed by atoms with van der Waals surface area (Å²) in [6.07, 6.45) is 1.36. The van der Waals surface area contributed by atoms with Crippen molar-refractivity contribution in [2.45, 2.75) is 6.92 Å². The molecule has 0 fully saturated rings. The summed E-state index contributed by atoms with van der Waals surface area (Å²) in [6.45, 7) is 1.75. The highest BCUT2D eigenvalue weighted by Crippen LogP contribution is 2.14. The first-order valence-electron chi connectivity index (χ1n) is 8.13. The Morgan fingerprint density at radius 3 is 2.59 bits per heavy atom. The number of anilines is 1. The molecule has 2 aromatic rings. The largest absolute Gasteiger partial charge is 0.484 e. The molecule has 27 heavy (non-hydrogen) atoms. The van der Waals surface area contributed by atoms with Crippen molar-refractivity contribution in [3.63, 3.8) is 0 Å². The Kier molecular flexibility index (Phi) is 7.07. The quantitative estimate of drug-likeness (QED) is 0.404. The van der Waals surface area contributed by atoms with Gasteiger partial charge in [-0.15, -0.1) is 0 Å². The van der Waals surface area contributed by atoms with Crippen molar-refractivity contribution in [3.05, 3.63) is 59.7 Å². The number of ether oxygens (including phenoxy) is 1. The molecule has 0 aliphatic carbocycles. The van der Waals surface area contributed by atoms with Gasteiger partial charge in [-0.3, -0.25) is 14.4 Å². The van der Waals surface area contributed by atoms with Gasteiger partial charge in [0, 0.05) is 12.7 Å². The van der Waals surface area contributed by atoms with Crippen LogP contribution in [-0.2, 0) is 14.4 Å². The number of nitrogens with one attached hydrogen (secondary N) is 3. The number of carbonyl (C=O) groups is 3. The summed E-state index contributed by atoms with van der Waals surface area (Å²) in [5, 5.41) is 8.66. The van der Waals surface area contributed by atoms with Crippen molar-refractivity contribution in [2.75, 3.05) is 19.0 Å². The second-order valence-electron chi connectivity index (χ2n) is 5.50. The fourth-order valence-electron chi connectivity index (χ4n) is 2.06. The van der Waals surface area contributed by atoms with E-state index < -0.39 is 11.8 Å². The van der Waals surface area contributed by atoms with Gasteiger partial charge in [-0.25, -0.2) is 5.43 Å². The lowest BCUT2D eigenvalue weighted by Crippen LogP contribution is -2.35. The maximum absolute atomic E-state index is 12.0. The highest BCUT2D eigenvalue weighted by Gasteiger charge is 2.09. The second kappa shape index (κ2) is 9.71. The zero-order valence-corrected chi connectivity index (χ0v) is 15.0. The smallest absolute Gasteiger partial charge is 0.329 e. The molecule has 0 unspecified atom stereocenters. The van der Waals surface area contributed by atoms with Gasteiger partial charge in [0.15, 0.2) is 6.61 Å². The van der Waals surface area contributed by atoms with Crippen molar-refractivity contribution in [3.8, 4) is 5.75 Å². The lowest BCUT2D eigenvalue weighted by atomic mass is 10.2. The highest BCUT2D eigenvalue weighted by molar-refractivity contribution is 6.34. The SMILES string of the molecule is CNC(=O)C(=O)N/N=C\c1cccc(OCC(=O)Nc2ccccc2C)c1. The van der Waals surface area contributed by atoms with Gasteiger partial charge in [0.25, 0.3) is 5.91 Å². The monoisotopic (exact) mass is 368 g/mol. The maximum Gasteiger partial charge on any atom is 0.329 e. The Hall–Kier alpha value is -3.68.